The molecular formula is C15H16BrN3S2. The molecule has 3 rings (SSSR count). The fraction of sp³-hybridized carbons (Fsp3) is 0.267. The zero-order valence-corrected chi connectivity index (χ0v) is 15.1. The molecule has 0 atom stereocenters. The quantitative estimate of drug-likeness (QED) is 0.687. The van der Waals surface area contributed by atoms with Gasteiger partial charge < -0.3 is 5.32 Å². The Labute approximate surface area is 140 Å². The van der Waals surface area contributed by atoms with E-state index < -0.39 is 0 Å². The lowest BCUT2D eigenvalue weighted by Crippen LogP contribution is -2.22. The third-order valence-corrected chi connectivity index (χ3v) is 5.85. The predicted molar refractivity (Wildman–Crippen MR) is 93.3 cm³/mol. The maximum atomic E-state index is 4.77. The molecule has 0 aliphatic carbocycles. The molecular weight excluding hydrogens is 366 g/mol. The number of rotatable bonds is 5. The molecule has 3 aromatic rings. The van der Waals surface area contributed by atoms with Gasteiger partial charge in [0.2, 0.25) is 0 Å². The second-order valence-electron chi connectivity index (χ2n) is 4.99. The Kier molecular flexibility index (Phi) is 4.69. The van der Waals surface area contributed by atoms with Gasteiger partial charge in [0.1, 0.15) is 5.03 Å². The lowest BCUT2D eigenvalue weighted by Gasteiger charge is -2.09. The Balaban J connectivity index is 1.95. The normalized spacial score (nSPS) is 11.6. The number of nitrogens with zero attached hydrogens (tertiary/aromatic N) is 2. The number of fused-ring (bicyclic) bond motifs is 1. The van der Waals surface area contributed by atoms with Crippen LogP contribution in [0.15, 0.2) is 50.2 Å². The van der Waals surface area contributed by atoms with Crippen molar-refractivity contribution in [1.29, 1.82) is 0 Å². The lowest BCUT2D eigenvalue weighted by molar-refractivity contribution is 0.574. The molecule has 0 unspecified atom stereocenters. The Morgan fingerprint density at radius 1 is 1.38 bits per heavy atom. The van der Waals surface area contributed by atoms with Crippen LogP contribution in [0.3, 0.4) is 0 Å². The Morgan fingerprint density at radius 3 is 2.95 bits per heavy atom. The number of halogens is 1. The highest BCUT2D eigenvalue weighted by atomic mass is 79.9. The Morgan fingerprint density at radius 2 is 2.19 bits per heavy atom. The molecule has 3 nitrogen and oxygen atoms in total. The summed E-state index contributed by atoms with van der Waals surface area (Å²) < 4.78 is 3.29. The lowest BCUT2D eigenvalue weighted by atomic mass is 10.3. The van der Waals surface area contributed by atoms with Crippen molar-refractivity contribution in [3.63, 3.8) is 0 Å². The summed E-state index contributed by atoms with van der Waals surface area (Å²) in [6, 6.07) is 8.71. The first-order chi connectivity index (χ1) is 10.1. The van der Waals surface area contributed by atoms with Gasteiger partial charge >= 0.3 is 0 Å². The minimum Gasteiger partial charge on any atom is -0.309 e. The number of aromatic nitrogens is 2. The summed E-state index contributed by atoms with van der Waals surface area (Å²) in [5, 5.41) is 6.64. The largest absolute Gasteiger partial charge is 0.309 e. The van der Waals surface area contributed by atoms with Crippen LogP contribution in [0.25, 0.3) is 4.96 Å². The summed E-state index contributed by atoms with van der Waals surface area (Å²) in [4.78, 5) is 7.01. The van der Waals surface area contributed by atoms with E-state index in [-0.39, 0.29) is 0 Å². The van der Waals surface area contributed by atoms with Crippen molar-refractivity contribution < 1.29 is 0 Å². The fourth-order valence-corrected chi connectivity index (χ4v) is 4.25. The summed E-state index contributed by atoms with van der Waals surface area (Å²) in [6.45, 7) is 5.14. The molecule has 1 N–H and O–H groups in total. The molecule has 6 heteroatoms. The monoisotopic (exact) mass is 381 g/mol. The van der Waals surface area contributed by atoms with Gasteiger partial charge in [0.25, 0.3) is 0 Å². The highest BCUT2D eigenvalue weighted by Gasteiger charge is 2.15. The van der Waals surface area contributed by atoms with E-state index in [0.717, 1.165) is 21.0 Å². The van der Waals surface area contributed by atoms with E-state index >= 15 is 0 Å². The molecule has 1 aromatic carbocycles. The van der Waals surface area contributed by atoms with Gasteiger partial charge in [0.15, 0.2) is 4.96 Å². The molecule has 0 saturated heterocycles. The minimum absolute atomic E-state index is 0.454. The maximum absolute atomic E-state index is 4.77. The van der Waals surface area contributed by atoms with Crippen LogP contribution in [0.4, 0.5) is 0 Å². The van der Waals surface area contributed by atoms with E-state index in [0.29, 0.717) is 6.04 Å². The first-order valence-corrected chi connectivity index (χ1v) is 9.24. The number of hydrogen-bond acceptors (Lipinski definition) is 4. The molecule has 2 heterocycles. The number of thiazole rings is 1. The van der Waals surface area contributed by atoms with Crippen molar-refractivity contribution in [3.8, 4) is 0 Å². The molecule has 0 spiro atoms. The first-order valence-electron chi connectivity index (χ1n) is 6.75. The van der Waals surface area contributed by atoms with Gasteiger partial charge in [-0.2, -0.15) is 0 Å². The molecule has 0 fully saturated rings. The van der Waals surface area contributed by atoms with E-state index in [4.69, 9.17) is 4.98 Å². The van der Waals surface area contributed by atoms with Gasteiger partial charge in [0.05, 0.1) is 5.69 Å². The highest BCUT2D eigenvalue weighted by Crippen LogP contribution is 2.35. The summed E-state index contributed by atoms with van der Waals surface area (Å²) >= 11 is 6.99. The van der Waals surface area contributed by atoms with Gasteiger partial charge in [-0.1, -0.05) is 37.7 Å². The van der Waals surface area contributed by atoms with E-state index in [9.17, 15) is 0 Å². The average molecular weight is 382 g/mol. The van der Waals surface area contributed by atoms with Crippen molar-refractivity contribution in [2.24, 2.45) is 0 Å². The number of hydrogen-bond donors (Lipinski definition) is 1. The van der Waals surface area contributed by atoms with E-state index in [1.807, 2.05) is 6.07 Å². The van der Waals surface area contributed by atoms with E-state index in [1.165, 1.54) is 10.6 Å². The molecule has 0 saturated carbocycles. The van der Waals surface area contributed by atoms with Crippen LogP contribution in [-0.4, -0.2) is 15.4 Å². The third kappa shape index (κ3) is 3.34. The Bertz CT molecular complexity index is 748. The topological polar surface area (TPSA) is 29.3 Å². The van der Waals surface area contributed by atoms with Crippen LogP contribution in [0.5, 0.6) is 0 Å². The van der Waals surface area contributed by atoms with Gasteiger partial charge in [-0.05, 0) is 28.1 Å². The summed E-state index contributed by atoms with van der Waals surface area (Å²) in [6.07, 6.45) is 2.09. The molecule has 0 aliphatic rings. The smallest absolute Gasteiger partial charge is 0.194 e. The maximum Gasteiger partial charge on any atom is 0.194 e. The summed E-state index contributed by atoms with van der Waals surface area (Å²) in [5.41, 5.74) is 1.22. The van der Waals surface area contributed by atoms with Gasteiger partial charge in [-0.25, -0.2) is 4.98 Å². The van der Waals surface area contributed by atoms with Crippen molar-refractivity contribution in [1.82, 2.24) is 14.7 Å². The van der Waals surface area contributed by atoms with Crippen LogP contribution in [0.1, 0.15) is 19.5 Å². The van der Waals surface area contributed by atoms with Crippen LogP contribution < -0.4 is 5.32 Å². The zero-order chi connectivity index (χ0) is 14.8. The summed E-state index contributed by atoms with van der Waals surface area (Å²) in [5.74, 6) is 0. The molecule has 21 heavy (non-hydrogen) atoms. The van der Waals surface area contributed by atoms with Crippen molar-refractivity contribution in [2.75, 3.05) is 0 Å². The molecule has 0 radical (unpaired) electrons. The molecule has 0 bridgehead atoms. The van der Waals surface area contributed by atoms with Crippen LogP contribution in [0.2, 0.25) is 0 Å². The van der Waals surface area contributed by atoms with Crippen LogP contribution in [0, 0.1) is 0 Å². The number of imidazole rings is 1. The number of benzene rings is 1. The standard InChI is InChI=1S/C15H16BrN3S2/c1-10(2)17-9-12-14(18-15-19(12)7-8-20-15)21-13-6-4-3-5-11(13)16/h3-8,10,17H,9H2,1-2H3. The molecule has 0 amide bonds. The average Bonchev–Trinajstić information content (AvgIpc) is 3.00. The number of nitrogens with one attached hydrogen (secondary N) is 1. The van der Waals surface area contributed by atoms with Gasteiger partial charge in [-0.15, -0.1) is 11.3 Å². The highest BCUT2D eigenvalue weighted by molar-refractivity contribution is 9.10. The molecule has 2 aromatic heterocycles. The van der Waals surface area contributed by atoms with Gasteiger partial charge in [0, 0.05) is 33.5 Å². The van der Waals surface area contributed by atoms with Crippen molar-refractivity contribution in [3.05, 3.63) is 46.0 Å². The van der Waals surface area contributed by atoms with Crippen molar-refractivity contribution >= 4 is 44.0 Å². The molecule has 110 valence electrons. The second-order valence-corrected chi connectivity index (χ2v) is 7.75. The van der Waals surface area contributed by atoms with Crippen LogP contribution in [-0.2, 0) is 6.54 Å². The minimum atomic E-state index is 0.454. The predicted octanol–water partition coefficient (Wildman–Crippen LogP) is 4.81. The van der Waals surface area contributed by atoms with Crippen LogP contribution >= 0.6 is 39.0 Å². The SMILES string of the molecule is CC(C)NCc1c(Sc2ccccc2Br)nc2sccn12. The molecule has 0 aliphatic heterocycles. The fourth-order valence-electron chi connectivity index (χ4n) is 1.99. The van der Waals surface area contributed by atoms with Gasteiger partial charge in [-0.3, -0.25) is 4.40 Å². The first kappa shape index (κ1) is 15.1. The van der Waals surface area contributed by atoms with E-state index in [2.05, 4.69) is 69.3 Å². The zero-order valence-electron chi connectivity index (χ0n) is 11.8. The third-order valence-electron chi connectivity index (χ3n) is 3.05. The Hall–Kier alpha value is -0.820. The van der Waals surface area contributed by atoms with E-state index in [1.54, 1.807) is 23.1 Å². The van der Waals surface area contributed by atoms with Crippen molar-refractivity contribution in [2.45, 2.75) is 36.4 Å². The summed E-state index contributed by atoms with van der Waals surface area (Å²) in [7, 11) is 0. The second kappa shape index (κ2) is 6.52.